The van der Waals surface area contributed by atoms with Crippen molar-refractivity contribution < 1.29 is 28.7 Å². The van der Waals surface area contributed by atoms with E-state index < -0.39 is 11.6 Å². The summed E-state index contributed by atoms with van der Waals surface area (Å²) in [5.74, 6) is -1.93. The zero-order chi connectivity index (χ0) is 25.6. The van der Waals surface area contributed by atoms with Crippen molar-refractivity contribution in [2.45, 2.75) is 38.8 Å². The van der Waals surface area contributed by atoms with Crippen LogP contribution in [0.3, 0.4) is 0 Å². The number of fused-ring (bicyclic) bond motifs is 4. The number of amides is 4. The van der Waals surface area contributed by atoms with Crippen LogP contribution in [0.15, 0.2) is 48.5 Å². The van der Waals surface area contributed by atoms with E-state index in [0.29, 0.717) is 22.4 Å². The highest BCUT2D eigenvalue weighted by Crippen LogP contribution is 2.45. The molecule has 5 rings (SSSR count). The first-order chi connectivity index (χ1) is 17.3. The van der Waals surface area contributed by atoms with E-state index in [2.05, 4.69) is 0 Å². The number of esters is 1. The van der Waals surface area contributed by atoms with Crippen molar-refractivity contribution in [2.75, 3.05) is 24.6 Å². The van der Waals surface area contributed by atoms with Gasteiger partial charge in [0, 0.05) is 25.9 Å². The highest BCUT2D eigenvalue weighted by molar-refractivity contribution is 6.21. The van der Waals surface area contributed by atoms with E-state index >= 15 is 0 Å². The van der Waals surface area contributed by atoms with E-state index in [1.807, 2.05) is 13.8 Å². The van der Waals surface area contributed by atoms with Gasteiger partial charge in [0.2, 0.25) is 11.6 Å². The smallest absolute Gasteiger partial charge is 0.353 e. The van der Waals surface area contributed by atoms with Crippen molar-refractivity contribution in [3.8, 4) is 0 Å². The van der Waals surface area contributed by atoms with Crippen LogP contribution in [0.5, 0.6) is 0 Å². The number of carbonyl (C=O) groups is 5. The van der Waals surface area contributed by atoms with Gasteiger partial charge in [-0.1, -0.05) is 38.1 Å². The van der Waals surface area contributed by atoms with Crippen molar-refractivity contribution in [3.63, 3.8) is 0 Å². The van der Waals surface area contributed by atoms with E-state index in [0.717, 1.165) is 4.90 Å². The number of hydrogen-bond donors (Lipinski definition) is 0. The minimum Gasteiger partial charge on any atom is -0.462 e. The van der Waals surface area contributed by atoms with Gasteiger partial charge in [-0.2, -0.15) is 0 Å². The molecule has 1 saturated heterocycles. The van der Waals surface area contributed by atoms with Crippen LogP contribution in [0.2, 0.25) is 0 Å². The monoisotopic (exact) mass is 489 g/mol. The molecular formula is C27H27N3O6. The molecule has 3 aliphatic heterocycles. The molecule has 2 aromatic rings. The average molecular weight is 490 g/mol. The predicted molar refractivity (Wildman–Crippen MR) is 129 cm³/mol. The lowest BCUT2D eigenvalue weighted by Gasteiger charge is -2.48. The van der Waals surface area contributed by atoms with Crippen molar-refractivity contribution >= 4 is 35.3 Å². The standard InChI is InChI=1S/C27H27N3O6/c1-17(2)16-29-25(34)20-10-5-6-11-21(20)30-22(31)12-13-27(29,30)26(35)36-15-7-14-28-23(32)18-8-3-4-9-19(18)24(28)33/h3-6,8-11,17H,7,12-16H2,1-2H3. The number of imide groups is 1. The third-order valence-electron chi connectivity index (χ3n) is 6.89. The molecule has 1 fully saturated rings. The summed E-state index contributed by atoms with van der Waals surface area (Å²) in [6.45, 7) is 4.18. The molecule has 2 aromatic carbocycles. The fraction of sp³-hybridized carbons (Fsp3) is 0.370. The summed E-state index contributed by atoms with van der Waals surface area (Å²) in [4.78, 5) is 69.3. The number of para-hydroxylation sites is 1. The maximum atomic E-state index is 13.6. The molecule has 4 amide bonds. The molecule has 0 aromatic heterocycles. The predicted octanol–water partition coefficient (Wildman–Crippen LogP) is 2.85. The Balaban J connectivity index is 1.34. The number of nitrogens with zero attached hydrogens (tertiary/aromatic N) is 3. The van der Waals surface area contributed by atoms with E-state index in [9.17, 15) is 24.0 Å². The summed E-state index contributed by atoms with van der Waals surface area (Å²) in [7, 11) is 0. The molecular weight excluding hydrogens is 462 g/mol. The molecule has 186 valence electrons. The number of hydrogen-bond acceptors (Lipinski definition) is 6. The van der Waals surface area contributed by atoms with Gasteiger partial charge >= 0.3 is 5.97 Å². The van der Waals surface area contributed by atoms with E-state index in [1.54, 1.807) is 48.5 Å². The molecule has 0 N–H and O–H groups in total. The van der Waals surface area contributed by atoms with Crippen LogP contribution in [0.1, 0.15) is 64.2 Å². The van der Waals surface area contributed by atoms with Crippen molar-refractivity contribution in [1.82, 2.24) is 9.80 Å². The Labute approximate surface area is 208 Å². The Bertz CT molecular complexity index is 1250. The second kappa shape index (κ2) is 8.89. The fourth-order valence-corrected chi connectivity index (χ4v) is 5.31. The van der Waals surface area contributed by atoms with Crippen LogP contribution >= 0.6 is 0 Å². The third kappa shape index (κ3) is 3.49. The first-order valence-corrected chi connectivity index (χ1v) is 12.1. The Morgan fingerprint density at radius 3 is 2.17 bits per heavy atom. The van der Waals surface area contributed by atoms with Crippen molar-refractivity contribution in [2.24, 2.45) is 5.92 Å². The van der Waals surface area contributed by atoms with Crippen molar-refractivity contribution in [1.29, 1.82) is 0 Å². The van der Waals surface area contributed by atoms with E-state index in [4.69, 9.17) is 4.74 Å². The highest BCUT2D eigenvalue weighted by atomic mass is 16.5. The normalized spacial score (nSPS) is 20.7. The SMILES string of the molecule is CC(C)CN1C(=O)c2ccccc2N2C(=O)CCC12C(=O)OCCCN1C(=O)c2ccccc2C1=O. The van der Waals surface area contributed by atoms with Crippen LogP contribution < -0.4 is 4.90 Å². The summed E-state index contributed by atoms with van der Waals surface area (Å²) in [6.07, 6.45) is 0.478. The van der Waals surface area contributed by atoms with Crippen LogP contribution in [0, 0.1) is 5.92 Å². The molecule has 3 aliphatic rings. The van der Waals surface area contributed by atoms with Gasteiger partial charge in [0.15, 0.2) is 0 Å². The van der Waals surface area contributed by atoms with Gasteiger partial charge in [0.1, 0.15) is 0 Å². The summed E-state index contributed by atoms with van der Waals surface area (Å²) in [5, 5.41) is 0. The van der Waals surface area contributed by atoms with Crippen LogP contribution in [-0.2, 0) is 14.3 Å². The number of rotatable bonds is 7. The molecule has 36 heavy (non-hydrogen) atoms. The summed E-state index contributed by atoms with van der Waals surface area (Å²) >= 11 is 0. The maximum Gasteiger partial charge on any atom is 0.353 e. The lowest BCUT2D eigenvalue weighted by atomic mass is 9.95. The third-order valence-corrected chi connectivity index (χ3v) is 6.89. The lowest BCUT2D eigenvalue weighted by molar-refractivity contribution is -0.157. The number of carbonyl (C=O) groups excluding carboxylic acids is 5. The molecule has 0 spiro atoms. The molecule has 9 nitrogen and oxygen atoms in total. The molecule has 0 saturated carbocycles. The average Bonchev–Trinajstić information content (AvgIpc) is 3.34. The molecule has 9 heteroatoms. The van der Waals surface area contributed by atoms with E-state index in [1.165, 1.54) is 9.80 Å². The number of ether oxygens (including phenoxy) is 1. The zero-order valence-corrected chi connectivity index (χ0v) is 20.2. The van der Waals surface area contributed by atoms with Gasteiger partial charge in [-0.15, -0.1) is 0 Å². The Hall–Kier alpha value is -4.01. The van der Waals surface area contributed by atoms with Gasteiger partial charge < -0.3 is 9.64 Å². The van der Waals surface area contributed by atoms with Gasteiger partial charge in [-0.25, -0.2) is 4.79 Å². The number of benzene rings is 2. The quantitative estimate of drug-likeness (QED) is 0.337. The highest BCUT2D eigenvalue weighted by Gasteiger charge is 2.61. The molecule has 1 unspecified atom stereocenters. The first-order valence-electron chi connectivity index (χ1n) is 12.1. The van der Waals surface area contributed by atoms with E-state index in [-0.39, 0.29) is 68.5 Å². The topological polar surface area (TPSA) is 104 Å². The minimum absolute atomic E-state index is 0.0512. The second-order valence-electron chi connectivity index (χ2n) is 9.67. The van der Waals surface area contributed by atoms with Gasteiger partial charge in [-0.3, -0.25) is 29.0 Å². The zero-order valence-electron chi connectivity index (χ0n) is 20.2. The minimum atomic E-state index is -1.55. The Kier molecular flexibility index (Phi) is 5.86. The largest absolute Gasteiger partial charge is 0.462 e. The van der Waals surface area contributed by atoms with Gasteiger partial charge in [-0.05, 0) is 36.6 Å². The summed E-state index contributed by atoms with van der Waals surface area (Å²) in [5.41, 5.74) is -0.0395. The van der Waals surface area contributed by atoms with Gasteiger partial charge in [0.25, 0.3) is 17.7 Å². The second-order valence-corrected chi connectivity index (χ2v) is 9.67. The molecule has 1 atom stereocenters. The molecule has 0 bridgehead atoms. The summed E-state index contributed by atoms with van der Waals surface area (Å²) in [6, 6.07) is 13.4. The van der Waals surface area contributed by atoms with Gasteiger partial charge in [0.05, 0.1) is 29.0 Å². The number of anilines is 1. The first kappa shape index (κ1) is 23.7. The van der Waals surface area contributed by atoms with Crippen molar-refractivity contribution in [3.05, 3.63) is 65.2 Å². The molecule has 0 radical (unpaired) electrons. The maximum absolute atomic E-state index is 13.6. The Morgan fingerprint density at radius 2 is 1.53 bits per heavy atom. The van der Waals surface area contributed by atoms with Crippen LogP contribution in [0.4, 0.5) is 5.69 Å². The summed E-state index contributed by atoms with van der Waals surface area (Å²) < 4.78 is 5.64. The lowest BCUT2D eigenvalue weighted by Crippen LogP contribution is -2.69. The Morgan fingerprint density at radius 1 is 0.917 bits per heavy atom. The van der Waals surface area contributed by atoms with Crippen LogP contribution in [0.25, 0.3) is 0 Å². The molecule has 0 aliphatic carbocycles. The molecule has 3 heterocycles. The fourth-order valence-electron chi connectivity index (χ4n) is 5.31. The van der Waals surface area contributed by atoms with Crippen LogP contribution in [-0.4, -0.2) is 64.8 Å².